The maximum atomic E-state index is 12.5. The number of hydrogen-bond acceptors (Lipinski definition) is 3. The fourth-order valence-corrected chi connectivity index (χ4v) is 5.35. The summed E-state index contributed by atoms with van der Waals surface area (Å²) < 4.78 is 5.93. The van der Waals surface area contributed by atoms with Gasteiger partial charge in [0.25, 0.3) is 0 Å². The van der Waals surface area contributed by atoms with Crippen molar-refractivity contribution in [2.45, 2.75) is 206 Å². The van der Waals surface area contributed by atoms with E-state index in [2.05, 4.69) is 26.0 Å². The van der Waals surface area contributed by atoms with Gasteiger partial charge in [0.05, 0.1) is 0 Å². The standard InChI is InChI=1S/C36H68O4/c1-3-5-7-8-9-10-11-12-13-14-15-19-22-25-29-33-36(39)40-34(30-26-6-4-2)31-27-23-20-17-16-18-21-24-28-32-35(37)38/h12-13,34H,3-11,14-33H2,1-2H3,(H,37,38)/b13-12+. The number of carbonyl (C=O) groups excluding carboxylic acids is 1. The molecule has 4 heteroatoms. The van der Waals surface area contributed by atoms with E-state index in [0.29, 0.717) is 12.8 Å². The number of allylic oxidation sites excluding steroid dienone is 2. The summed E-state index contributed by atoms with van der Waals surface area (Å²) in [5.41, 5.74) is 0. The highest BCUT2D eigenvalue weighted by Gasteiger charge is 2.14. The molecule has 0 rings (SSSR count). The highest BCUT2D eigenvalue weighted by atomic mass is 16.5. The second kappa shape index (κ2) is 32.2. The topological polar surface area (TPSA) is 63.6 Å². The molecule has 1 atom stereocenters. The zero-order valence-electron chi connectivity index (χ0n) is 26.9. The smallest absolute Gasteiger partial charge is 0.306 e. The average Bonchev–Trinajstić information content (AvgIpc) is 2.93. The molecule has 4 nitrogen and oxygen atoms in total. The maximum Gasteiger partial charge on any atom is 0.306 e. The predicted molar refractivity (Wildman–Crippen MR) is 172 cm³/mol. The minimum Gasteiger partial charge on any atom is -0.481 e. The van der Waals surface area contributed by atoms with Gasteiger partial charge < -0.3 is 9.84 Å². The highest BCUT2D eigenvalue weighted by molar-refractivity contribution is 5.69. The van der Waals surface area contributed by atoms with Gasteiger partial charge in [0, 0.05) is 12.8 Å². The Kier molecular flexibility index (Phi) is 31.1. The summed E-state index contributed by atoms with van der Waals surface area (Å²) in [7, 11) is 0. The SMILES string of the molecule is CCCCCCCC/C=C/CCCCCCCC(=O)OC(CCCCC)CCCCCCCCCCCC(=O)O. The number of unbranched alkanes of at least 4 members (excludes halogenated alkanes) is 21. The van der Waals surface area contributed by atoms with Crippen LogP contribution >= 0.6 is 0 Å². The van der Waals surface area contributed by atoms with Crippen molar-refractivity contribution in [1.29, 1.82) is 0 Å². The second-order valence-electron chi connectivity index (χ2n) is 12.1. The number of aliphatic carboxylic acids is 1. The van der Waals surface area contributed by atoms with Crippen molar-refractivity contribution in [2.24, 2.45) is 0 Å². The van der Waals surface area contributed by atoms with Crippen molar-refractivity contribution in [3.8, 4) is 0 Å². The van der Waals surface area contributed by atoms with Crippen LogP contribution in [0.25, 0.3) is 0 Å². The Labute approximate surface area is 249 Å². The van der Waals surface area contributed by atoms with E-state index in [4.69, 9.17) is 9.84 Å². The van der Waals surface area contributed by atoms with Crippen LogP contribution in [-0.4, -0.2) is 23.1 Å². The van der Waals surface area contributed by atoms with Crippen LogP contribution in [-0.2, 0) is 14.3 Å². The first-order valence-corrected chi connectivity index (χ1v) is 17.7. The summed E-state index contributed by atoms with van der Waals surface area (Å²) in [6.07, 6.45) is 38.2. The summed E-state index contributed by atoms with van der Waals surface area (Å²) in [5, 5.41) is 8.68. The molecule has 0 saturated heterocycles. The van der Waals surface area contributed by atoms with E-state index in [1.807, 2.05) is 0 Å². The van der Waals surface area contributed by atoms with Crippen LogP contribution in [0.3, 0.4) is 0 Å². The molecule has 236 valence electrons. The Bertz CT molecular complexity index is 571. The van der Waals surface area contributed by atoms with Gasteiger partial charge in [-0.3, -0.25) is 9.59 Å². The quantitative estimate of drug-likeness (QED) is 0.0501. The minimum atomic E-state index is -0.679. The highest BCUT2D eigenvalue weighted by Crippen LogP contribution is 2.18. The van der Waals surface area contributed by atoms with Gasteiger partial charge in [-0.2, -0.15) is 0 Å². The summed E-state index contributed by atoms with van der Waals surface area (Å²) in [4.78, 5) is 23.0. The number of carboxylic acids is 1. The molecule has 0 aromatic rings. The molecule has 0 aromatic heterocycles. The van der Waals surface area contributed by atoms with E-state index in [1.165, 1.54) is 116 Å². The first-order chi connectivity index (χ1) is 19.6. The van der Waals surface area contributed by atoms with Gasteiger partial charge in [0.1, 0.15) is 6.10 Å². The summed E-state index contributed by atoms with van der Waals surface area (Å²) >= 11 is 0. The molecule has 0 saturated carbocycles. The zero-order valence-corrected chi connectivity index (χ0v) is 26.9. The second-order valence-corrected chi connectivity index (χ2v) is 12.1. The molecule has 0 radical (unpaired) electrons. The normalized spacial score (nSPS) is 12.2. The van der Waals surface area contributed by atoms with Crippen molar-refractivity contribution < 1.29 is 19.4 Å². The molecular formula is C36H68O4. The molecular weight excluding hydrogens is 496 g/mol. The van der Waals surface area contributed by atoms with E-state index in [-0.39, 0.29) is 12.1 Å². The van der Waals surface area contributed by atoms with E-state index >= 15 is 0 Å². The van der Waals surface area contributed by atoms with Gasteiger partial charge in [0.2, 0.25) is 0 Å². The van der Waals surface area contributed by atoms with Crippen molar-refractivity contribution in [1.82, 2.24) is 0 Å². The number of hydrogen-bond donors (Lipinski definition) is 1. The van der Waals surface area contributed by atoms with Gasteiger partial charge in [-0.1, -0.05) is 135 Å². The monoisotopic (exact) mass is 565 g/mol. The van der Waals surface area contributed by atoms with Gasteiger partial charge in [0.15, 0.2) is 0 Å². The Hall–Kier alpha value is -1.32. The van der Waals surface area contributed by atoms with E-state index in [1.54, 1.807) is 0 Å². The van der Waals surface area contributed by atoms with Crippen molar-refractivity contribution in [2.75, 3.05) is 0 Å². The summed E-state index contributed by atoms with van der Waals surface area (Å²) in [5.74, 6) is -0.663. The third-order valence-corrected chi connectivity index (χ3v) is 7.99. The summed E-state index contributed by atoms with van der Waals surface area (Å²) in [6.45, 7) is 4.49. The minimum absolute atomic E-state index is 0.0158. The van der Waals surface area contributed by atoms with Gasteiger partial charge in [-0.05, 0) is 64.2 Å². The molecule has 0 aliphatic heterocycles. The van der Waals surface area contributed by atoms with Crippen LogP contribution in [0.1, 0.15) is 200 Å². The molecule has 0 heterocycles. The van der Waals surface area contributed by atoms with E-state index in [0.717, 1.165) is 57.8 Å². The number of rotatable bonds is 32. The van der Waals surface area contributed by atoms with Gasteiger partial charge in [-0.25, -0.2) is 0 Å². The van der Waals surface area contributed by atoms with Crippen LogP contribution in [0, 0.1) is 0 Å². The number of esters is 1. The maximum absolute atomic E-state index is 12.5. The lowest BCUT2D eigenvalue weighted by Gasteiger charge is -2.18. The molecule has 0 spiro atoms. The Morgan fingerprint density at radius 1 is 0.525 bits per heavy atom. The fraction of sp³-hybridized carbons (Fsp3) is 0.889. The lowest BCUT2D eigenvalue weighted by molar-refractivity contribution is -0.150. The number of carbonyl (C=O) groups is 2. The number of carboxylic acid groups (broad SMARTS) is 1. The largest absolute Gasteiger partial charge is 0.481 e. The lowest BCUT2D eigenvalue weighted by Crippen LogP contribution is -2.18. The van der Waals surface area contributed by atoms with Crippen LogP contribution in [0.5, 0.6) is 0 Å². The molecule has 1 unspecified atom stereocenters. The van der Waals surface area contributed by atoms with Crippen molar-refractivity contribution in [3.05, 3.63) is 12.2 Å². The molecule has 0 bridgehead atoms. The predicted octanol–water partition coefficient (Wildman–Crippen LogP) is 11.9. The van der Waals surface area contributed by atoms with Crippen molar-refractivity contribution in [3.63, 3.8) is 0 Å². The Balaban J connectivity index is 3.76. The van der Waals surface area contributed by atoms with Gasteiger partial charge in [-0.15, -0.1) is 0 Å². The molecule has 0 amide bonds. The first kappa shape index (κ1) is 38.7. The zero-order chi connectivity index (χ0) is 29.4. The first-order valence-electron chi connectivity index (χ1n) is 17.7. The van der Waals surface area contributed by atoms with Crippen LogP contribution < -0.4 is 0 Å². The van der Waals surface area contributed by atoms with Crippen LogP contribution in [0.2, 0.25) is 0 Å². The molecule has 40 heavy (non-hydrogen) atoms. The molecule has 1 N–H and O–H groups in total. The molecule has 0 fully saturated rings. The Morgan fingerprint density at radius 3 is 1.40 bits per heavy atom. The van der Waals surface area contributed by atoms with Crippen LogP contribution in [0.15, 0.2) is 12.2 Å². The molecule has 0 aliphatic carbocycles. The fourth-order valence-electron chi connectivity index (χ4n) is 5.35. The van der Waals surface area contributed by atoms with E-state index < -0.39 is 5.97 Å². The third kappa shape index (κ3) is 31.2. The lowest BCUT2D eigenvalue weighted by atomic mass is 10.0. The van der Waals surface area contributed by atoms with Crippen molar-refractivity contribution >= 4 is 11.9 Å². The molecule has 0 aliphatic rings. The summed E-state index contributed by atoms with van der Waals surface area (Å²) in [6, 6.07) is 0. The van der Waals surface area contributed by atoms with Crippen LogP contribution in [0.4, 0.5) is 0 Å². The van der Waals surface area contributed by atoms with Gasteiger partial charge >= 0.3 is 11.9 Å². The third-order valence-electron chi connectivity index (χ3n) is 7.99. The Morgan fingerprint density at radius 2 is 0.900 bits per heavy atom. The number of ether oxygens (including phenoxy) is 1. The average molecular weight is 565 g/mol. The molecule has 0 aromatic carbocycles. The van der Waals surface area contributed by atoms with E-state index in [9.17, 15) is 9.59 Å².